The third-order valence-corrected chi connectivity index (χ3v) is 4.24. The number of aryl methyl sites for hydroxylation is 3. The SMILES string of the molecule is Cc1nn(C)c(C)c1C(C)C(=O)Nc1ccc(CCC(=O)O)cc1. The van der Waals surface area contributed by atoms with Crippen molar-refractivity contribution in [1.29, 1.82) is 0 Å². The van der Waals surface area contributed by atoms with Crippen LogP contribution in [0, 0.1) is 13.8 Å². The van der Waals surface area contributed by atoms with Crippen molar-refractivity contribution in [2.45, 2.75) is 39.5 Å². The fraction of sp³-hybridized carbons (Fsp3) is 0.389. The molecule has 1 unspecified atom stereocenters. The Morgan fingerprint density at radius 1 is 1.25 bits per heavy atom. The summed E-state index contributed by atoms with van der Waals surface area (Å²) in [5, 5.41) is 16.0. The molecule has 0 aliphatic heterocycles. The largest absolute Gasteiger partial charge is 0.481 e. The minimum absolute atomic E-state index is 0.0903. The first-order valence-electron chi connectivity index (χ1n) is 7.91. The summed E-state index contributed by atoms with van der Waals surface area (Å²) in [7, 11) is 1.87. The lowest BCUT2D eigenvalue weighted by Gasteiger charge is -2.13. The molecule has 128 valence electrons. The van der Waals surface area contributed by atoms with E-state index in [1.165, 1.54) is 0 Å². The normalized spacial score (nSPS) is 12.0. The van der Waals surface area contributed by atoms with Gasteiger partial charge in [0.25, 0.3) is 0 Å². The highest BCUT2D eigenvalue weighted by Crippen LogP contribution is 2.24. The van der Waals surface area contributed by atoms with Crippen LogP contribution in [0.1, 0.15) is 41.8 Å². The fourth-order valence-corrected chi connectivity index (χ4v) is 2.80. The molecule has 0 radical (unpaired) electrons. The van der Waals surface area contributed by atoms with Crippen molar-refractivity contribution in [2.75, 3.05) is 5.32 Å². The second-order valence-corrected chi connectivity index (χ2v) is 6.01. The molecule has 0 saturated carbocycles. The van der Waals surface area contributed by atoms with Crippen LogP contribution in [0.25, 0.3) is 0 Å². The summed E-state index contributed by atoms with van der Waals surface area (Å²) < 4.78 is 1.78. The van der Waals surface area contributed by atoms with Gasteiger partial charge in [0.05, 0.1) is 11.6 Å². The maximum atomic E-state index is 12.5. The number of carbonyl (C=O) groups is 2. The molecular weight excluding hydrogens is 306 g/mol. The molecule has 0 bridgehead atoms. The highest BCUT2D eigenvalue weighted by Gasteiger charge is 2.22. The third kappa shape index (κ3) is 4.01. The van der Waals surface area contributed by atoms with Crippen LogP contribution in [0.4, 0.5) is 5.69 Å². The lowest BCUT2D eigenvalue weighted by atomic mass is 9.98. The van der Waals surface area contributed by atoms with Crippen LogP contribution in [-0.2, 0) is 23.1 Å². The number of carboxylic acid groups (broad SMARTS) is 1. The second kappa shape index (κ2) is 7.29. The fourth-order valence-electron chi connectivity index (χ4n) is 2.80. The van der Waals surface area contributed by atoms with Crippen molar-refractivity contribution in [2.24, 2.45) is 7.05 Å². The average Bonchev–Trinajstić information content (AvgIpc) is 2.78. The standard InChI is InChI=1S/C18H23N3O3/c1-11(17-12(2)20-21(4)13(17)3)18(24)19-15-8-5-14(6-9-15)7-10-16(22)23/h5-6,8-9,11H,7,10H2,1-4H3,(H,19,24)(H,22,23). The van der Waals surface area contributed by atoms with Gasteiger partial charge in [-0.1, -0.05) is 12.1 Å². The summed E-state index contributed by atoms with van der Waals surface area (Å²) >= 11 is 0. The number of carboxylic acids is 1. The number of hydrogen-bond donors (Lipinski definition) is 2. The summed E-state index contributed by atoms with van der Waals surface area (Å²) in [5.41, 5.74) is 4.43. The van der Waals surface area contributed by atoms with Gasteiger partial charge in [-0.15, -0.1) is 0 Å². The molecule has 0 spiro atoms. The number of aliphatic carboxylic acids is 1. The molecule has 0 aliphatic carbocycles. The monoisotopic (exact) mass is 329 g/mol. The number of rotatable bonds is 6. The van der Waals surface area contributed by atoms with Gasteiger partial charge in [0.15, 0.2) is 0 Å². The Hall–Kier alpha value is -2.63. The number of aromatic nitrogens is 2. The molecule has 1 aromatic heterocycles. The molecule has 24 heavy (non-hydrogen) atoms. The van der Waals surface area contributed by atoms with Gasteiger partial charge < -0.3 is 10.4 Å². The Bertz CT molecular complexity index is 748. The maximum Gasteiger partial charge on any atom is 0.303 e. The van der Waals surface area contributed by atoms with E-state index in [9.17, 15) is 9.59 Å². The molecule has 0 fully saturated rings. The van der Waals surface area contributed by atoms with Crippen molar-refractivity contribution in [3.8, 4) is 0 Å². The summed E-state index contributed by atoms with van der Waals surface area (Å²) in [4.78, 5) is 23.1. The van der Waals surface area contributed by atoms with Crippen molar-refractivity contribution in [1.82, 2.24) is 9.78 Å². The summed E-state index contributed by atoms with van der Waals surface area (Å²) in [5.74, 6) is -1.21. The molecule has 0 aliphatic rings. The second-order valence-electron chi connectivity index (χ2n) is 6.01. The van der Waals surface area contributed by atoms with E-state index >= 15 is 0 Å². The lowest BCUT2D eigenvalue weighted by Crippen LogP contribution is -2.20. The third-order valence-electron chi connectivity index (χ3n) is 4.24. The van der Waals surface area contributed by atoms with E-state index in [2.05, 4.69) is 10.4 Å². The molecule has 6 heteroatoms. The molecule has 0 saturated heterocycles. The first-order valence-corrected chi connectivity index (χ1v) is 7.91. The molecule has 1 heterocycles. The topological polar surface area (TPSA) is 84.2 Å². The first kappa shape index (κ1) is 17.7. The average molecular weight is 329 g/mol. The number of nitrogens with zero attached hydrogens (tertiary/aromatic N) is 2. The number of hydrogen-bond acceptors (Lipinski definition) is 3. The van der Waals surface area contributed by atoms with Crippen molar-refractivity contribution in [3.63, 3.8) is 0 Å². The van der Waals surface area contributed by atoms with Crippen LogP contribution in [-0.4, -0.2) is 26.8 Å². The molecule has 1 aromatic carbocycles. The van der Waals surface area contributed by atoms with Gasteiger partial charge in [-0.05, 0) is 44.9 Å². The molecule has 2 rings (SSSR count). The van der Waals surface area contributed by atoms with Crippen LogP contribution < -0.4 is 5.32 Å². The highest BCUT2D eigenvalue weighted by atomic mass is 16.4. The van der Waals surface area contributed by atoms with E-state index in [0.717, 1.165) is 22.5 Å². The number of anilines is 1. The highest BCUT2D eigenvalue weighted by molar-refractivity contribution is 5.95. The van der Waals surface area contributed by atoms with E-state index in [1.54, 1.807) is 16.8 Å². The smallest absolute Gasteiger partial charge is 0.303 e. The van der Waals surface area contributed by atoms with E-state index in [4.69, 9.17) is 5.11 Å². The van der Waals surface area contributed by atoms with E-state index in [0.29, 0.717) is 12.1 Å². The molecule has 6 nitrogen and oxygen atoms in total. The molecule has 1 amide bonds. The van der Waals surface area contributed by atoms with Crippen molar-refractivity contribution in [3.05, 3.63) is 46.8 Å². The van der Waals surface area contributed by atoms with Gasteiger partial charge in [-0.3, -0.25) is 14.3 Å². The maximum absolute atomic E-state index is 12.5. The van der Waals surface area contributed by atoms with Gasteiger partial charge in [-0.2, -0.15) is 5.10 Å². The van der Waals surface area contributed by atoms with E-state index in [1.807, 2.05) is 40.0 Å². The van der Waals surface area contributed by atoms with Gasteiger partial charge in [0.1, 0.15) is 0 Å². The predicted molar refractivity (Wildman–Crippen MR) is 92.1 cm³/mol. The molecule has 2 N–H and O–H groups in total. The number of carbonyl (C=O) groups excluding carboxylic acids is 1. The zero-order valence-corrected chi connectivity index (χ0v) is 14.5. The van der Waals surface area contributed by atoms with Crippen LogP contribution in [0.3, 0.4) is 0 Å². The Morgan fingerprint density at radius 3 is 2.38 bits per heavy atom. The van der Waals surface area contributed by atoms with E-state index in [-0.39, 0.29) is 18.2 Å². The van der Waals surface area contributed by atoms with Crippen LogP contribution in [0.2, 0.25) is 0 Å². The quantitative estimate of drug-likeness (QED) is 0.853. The van der Waals surface area contributed by atoms with Crippen LogP contribution in [0.5, 0.6) is 0 Å². The van der Waals surface area contributed by atoms with Crippen molar-refractivity contribution >= 4 is 17.6 Å². The number of amides is 1. The van der Waals surface area contributed by atoms with Gasteiger partial charge in [0.2, 0.25) is 5.91 Å². The zero-order valence-electron chi connectivity index (χ0n) is 14.5. The van der Waals surface area contributed by atoms with Gasteiger partial charge >= 0.3 is 5.97 Å². The van der Waals surface area contributed by atoms with Gasteiger partial charge in [-0.25, -0.2) is 0 Å². The Balaban J connectivity index is 2.05. The first-order chi connectivity index (χ1) is 11.3. The zero-order chi connectivity index (χ0) is 17.9. The van der Waals surface area contributed by atoms with E-state index < -0.39 is 5.97 Å². The minimum atomic E-state index is -0.816. The summed E-state index contributed by atoms with van der Waals surface area (Å²) in [6, 6.07) is 7.27. The Morgan fingerprint density at radius 2 is 1.88 bits per heavy atom. The lowest BCUT2D eigenvalue weighted by molar-refractivity contribution is -0.137. The van der Waals surface area contributed by atoms with Crippen molar-refractivity contribution < 1.29 is 14.7 Å². The van der Waals surface area contributed by atoms with Crippen LogP contribution >= 0.6 is 0 Å². The number of benzene rings is 1. The summed E-state index contributed by atoms with van der Waals surface area (Å²) in [6.07, 6.45) is 0.580. The Labute approximate surface area is 141 Å². The minimum Gasteiger partial charge on any atom is -0.481 e. The summed E-state index contributed by atoms with van der Waals surface area (Å²) in [6.45, 7) is 5.73. The Kier molecular flexibility index (Phi) is 5.39. The van der Waals surface area contributed by atoms with Gasteiger partial charge in [0, 0.05) is 30.4 Å². The number of nitrogens with one attached hydrogen (secondary N) is 1. The molecular formula is C18H23N3O3. The predicted octanol–water partition coefficient (Wildman–Crippen LogP) is 2.80. The molecule has 2 aromatic rings. The van der Waals surface area contributed by atoms with Crippen LogP contribution in [0.15, 0.2) is 24.3 Å². The molecule has 1 atom stereocenters.